The lowest BCUT2D eigenvalue weighted by Gasteiger charge is -2.16. The largest absolute Gasteiger partial charge is 0.461 e. The molecule has 0 radical (unpaired) electrons. The van der Waals surface area contributed by atoms with E-state index in [1.165, 1.54) is 0 Å². The van der Waals surface area contributed by atoms with E-state index in [1.54, 1.807) is 6.92 Å². The molecule has 4 nitrogen and oxygen atoms in total. The highest BCUT2D eigenvalue weighted by Gasteiger charge is 2.24. The molecule has 21 heavy (non-hydrogen) atoms. The van der Waals surface area contributed by atoms with Crippen molar-refractivity contribution in [1.82, 2.24) is 4.90 Å². The van der Waals surface area contributed by atoms with Gasteiger partial charge >= 0.3 is 5.97 Å². The molecular weight excluding hydrogens is 266 g/mol. The van der Waals surface area contributed by atoms with Gasteiger partial charge < -0.3 is 9.53 Å². The number of carbonyl (C=O) groups excluding carboxylic acids is 2. The van der Waals surface area contributed by atoms with E-state index in [-0.39, 0.29) is 17.9 Å². The van der Waals surface area contributed by atoms with E-state index in [2.05, 4.69) is 18.7 Å². The maximum Gasteiger partial charge on any atom is 0.306 e. The Kier molecular flexibility index (Phi) is 8.58. The van der Waals surface area contributed by atoms with Gasteiger partial charge in [-0.15, -0.1) is 0 Å². The average molecular weight is 297 g/mol. The van der Waals surface area contributed by atoms with E-state index in [0.29, 0.717) is 18.8 Å². The summed E-state index contributed by atoms with van der Waals surface area (Å²) in [5, 5.41) is 0. The van der Waals surface area contributed by atoms with Gasteiger partial charge in [-0.3, -0.25) is 9.69 Å². The number of esters is 1. The Morgan fingerprint density at radius 2 is 1.95 bits per heavy atom. The first kappa shape index (κ1) is 18.1. The van der Waals surface area contributed by atoms with Crippen LogP contribution in [0.1, 0.15) is 65.7 Å². The quantitative estimate of drug-likeness (QED) is 0.459. The number of carbonyl (C=O) groups is 2. The number of ether oxygens (including phenoxy) is 1. The summed E-state index contributed by atoms with van der Waals surface area (Å²) in [6.45, 7) is 8.85. The highest BCUT2D eigenvalue weighted by Crippen LogP contribution is 2.15. The molecular formula is C17H31NO3. The van der Waals surface area contributed by atoms with Crippen molar-refractivity contribution in [2.45, 2.75) is 71.8 Å². The molecule has 0 saturated carbocycles. The van der Waals surface area contributed by atoms with Crippen molar-refractivity contribution in [3.05, 3.63) is 0 Å². The van der Waals surface area contributed by atoms with Crippen molar-refractivity contribution in [1.29, 1.82) is 0 Å². The summed E-state index contributed by atoms with van der Waals surface area (Å²) in [4.78, 5) is 24.9. The van der Waals surface area contributed by atoms with Gasteiger partial charge in [0.15, 0.2) is 0 Å². The van der Waals surface area contributed by atoms with Gasteiger partial charge in [0.25, 0.3) is 0 Å². The van der Waals surface area contributed by atoms with Gasteiger partial charge in [-0.1, -0.05) is 20.3 Å². The monoisotopic (exact) mass is 297 g/mol. The lowest BCUT2D eigenvalue weighted by molar-refractivity contribution is -0.148. The molecule has 0 bridgehead atoms. The van der Waals surface area contributed by atoms with Crippen LogP contribution in [0.4, 0.5) is 0 Å². The smallest absolute Gasteiger partial charge is 0.306 e. The number of nitrogens with zero attached hydrogens (tertiary/aromatic N) is 1. The second kappa shape index (κ2) is 9.93. The molecule has 4 heteroatoms. The number of hydrogen-bond acceptors (Lipinski definition) is 4. The molecule has 0 amide bonds. The Balaban J connectivity index is 2.06. The lowest BCUT2D eigenvalue weighted by Crippen LogP contribution is -2.26. The first-order valence-corrected chi connectivity index (χ1v) is 8.38. The van der Waals surface area contributed by atoms with E-state index < -0.39 is 0 Å². The number of rotatable bonds is 10. The van der Waals surface area contributed by atoms with Crippen LogP contribution in [0, 0.1) is 5.92 Å². The Bertz CT molecular complexity index is 328. The van der Waals surface area contributed by atoms with E-state index in [9.17, 15) is 9.59 Å². The SMILES string of the molecule is CC(=O)CCCCCN1CCC(OC(=O)CCC(C)C)C1. The third-order valence-electron chi connectivity index (χ3n) is 3.96. The van der Waals surface area contributed by atoms with Crippen LogP contribution in [0.5, 0.6) is 0 Å². The van der Waals surface area contributed by atoms with E-state index in [1.807, 2.05) is 0 Å². The summed E-state index contributed by atoms with van der Waals surface area (Å²) in [6, 6.07) is 0. The predicted octanol–water partition coefficient (Wildman–Crippen LogP) is 3.19. The molecule has 1 fully saturated rings. The maximum absolute atomic E-state index is 11.7. The van der Waals surface area contributed by atoms with E-state index in [4.69, 9.17) is 4.74 Å². The summed E-state index contributed by atoms with van der Waals surface area (Å²) in [6.07, 6.45) is 6.43. The van der Waals surface area contributed by atoms with Crippen LogP contribution < -0.4 is 0 Å². The molecule has 1 aliphatic heterocycles. The third-order valence-corrected chi connectivity index (χ3v) is 3.96. The van der Waals surface area contributed by atoms with Crippen LogP contribution in [0.2, 0.25) is 0 Å². The van der Waals surface area contributed by atoms with Crippen LogP contribution >= 0.6 is 0 Å². The molecule has 0 aromatic carbocycles. The zero-order chi connectivity index (χ0) is 15.7. The van der Waals surface area contributed by atoms with Crippen molar-refractivity contribution in [3.8, 4) is 0 Å². The molecule has 1 unspecified atom stereocenters. The molecule has 0 aromatic heterocycles. The topological polar surface area (TPSA) is 46.6 Å². The Hall–Kier alpha value is -0.900. The van der Waals surface area contributed by atoms with Crippen LogP contribution in [-0.2, 0) is 14.3 Å². The average Bonchev–Trinajstić information content (AvgIpc) is 2.83. The Morgan fingerprint density at radius 1 is 1.19 bits per heavy atom. The molecule has 1 saturated heterocycles. The van der Waals surface area contributed by atoms with Crippen LogP contribution in [0.3, 0.4) is 0 Å². The maximum atomic E-state index is 11.7. The number of hydrogen-bond donors (Lipinski definition) is 0. The van der Waals surface area contributed by atoms with Gasteiger partial charge in [-0.2, -0.15) is 0 Å². The standard InChI is InChI=1S/C17H31NO3/c1-14(2)8-9-17(20)21-16-10-12-18(13-16)11-6-4-5-7-15(3)19/h14,16H,4-13H2,1-3H3. The summed E-state index contributed by atoms with van der Waals surface area (Å²) in [5.41, 5.74) is 0. The molecule has 0 aromatic rings. The van der Waals surface area contributed by atoms with Crippen molar-refractivity contribution >= 4 is 11.8 Å². The van der Waals surface area contributed by atoms with Crippen molar-refractivity contribution in [3.63, 3.8) is 0 Å². The first-order chi connectivity index (χ1) is 9.97. The Morgan fingerprint density at radius 3 is 2.62 bits per heavy atom. The van der Waals surface area contributed by atoms with Crippen molar-refractivity contribution in [2.75, 3.05) is 19.6 Å². The van der Waals surface area contributed by atoms with Gasteiger partial charge in [0.2, 0.25) is 0 Å². The summed E-state index contributed by atoms with van der Waals surface area (Å²) in [7, 11) is 0. The number of unbranched alkanes of at least 4 members (excludes halogenated alkanes) is 2. The molecule has 0 aliphatic carbocycles. The molecule has 1 aliphatic rings. The highest BCUT2D eigenvalue weighted by atomic mass is 16.5. The van der Waals surface area contributed by atoms with Crippen LogP contribution in [0.15, 0.2) is 0 Å². The molecule has 0 N–H and O–H groups in total. The summed E-state index contributed by atoms with van der Waals surface area (Å²) < 4.78 is 5.53. The summed E-state index contributed by atoms with van der Waals surface area (Å²) in [5.74, 6) is 0.786. The second-order valence-corrected chi connectivity index (χ2v) is 6.65. The Labute approximate surface area is 129 Å². The van der Waals surface area contributed by atoms with Gasteiger partial charge in [0.05, 0.1) is 0 Å². The molecule has 0 spiro atoms. The van der Waals surface area contributed by atoms with Crippen LogP contribution in [0.25, 0.3) is 0 Å². The minimum absolute atomic E-state index is 0.0444. The van der Waals surface area contributed by atoms with E-state index >= 15 is 0 Å². The first-order valence-electron chi connectivity index (χ1n) is 8.38. The zero-order valence-electron chi connectivity index (χ0n) is 13.9. The fraction of sp³-hybridized carbons (Fsp3) is 0.882. The molecule has 1 heterocycles. The minimum atomic E-state index is -0.0444. The highest BCUT2D eigenvalue weighted by molar-refractivity contribution is 5.75. The van der Waals surface area contributed by atoms with Gasteiger partial charge in [-0.25, -0.2) is 0 Å². The second-order valence-electron chi connectivity index (χ2n) is 6.65. The number of Topliss-reactive ketones (excluding diaryl/α,β-unsaturated/α-hetero) is 1. The van der Waals surface area contributed by atoms with Crippen LogP contribution in [-0.4, -0.2) is 42.4 Å². The number of ketones is 1. The van der Waals surface area contributed by atoms with Crippen molar-refractivity contribution in [2.24, 2.45) is 5.92 Å². The van der Waals surface area contributed by atoms with Gasteiger partial charge in [0, 0.05) is 25.9 Å². The van der Waals surface area contributed by atoms with Gasteiger partial charge in [0.1, 0.15) is 11.9 Å². The fourth-order valence-corrected chi connectivity index (χ4v) is 2.63. The van der Waals surface area contributed by atoms with E-state index in [0.717, 1.165) is 51.7 Å². The minimum Gasteiger partial charge on any atom is -0.461 e. The normalized spacial score (nSPS) is 19.1. The number of likely N-dealkylation sites (tertiary alicyclic amines) is 1. The summed E-state index contributed by atoms with van der Waals surface area (Å²) >= 11 is 0. The zero-order valence-corrected chi connectivity index (χ0v) is 13.9. The lowest BCUT2D eigenvalue weighted by atomic mass is 10.1. The fourth-order valence-electron chi connectivity index (χ4n) is 2.63. The predicted molar refractivity (Wildman–Crippen MR) is 84.2 cm³/mol. The van der Waals surface area contributed by atoms with Gasteiger partial charge in [-0.05, 0) is 45.1 Å². The van der Waals surface area contributed by atoms with Crippen molar-refractivity contribution < 1.29 is 14.3 Å². The molecule has 1 atom stereocenters. The molecule has 1 rings (SSSR count). The molecule has 122 valence electrons. The third kappa shape index (κ3) is 8.86.